The number of alkyl halides is 3. The van der Waals surface area contributed by atoms with Crippen molar-refractivity contribution < 1.29 is 22.7 Å². The van der Waals surface area contributed by atoms with Crippen LogP contribution in [0.25, 0.3) is 21.9 Å². The number of benzene rings is 1. The molecule has 0 aliphatic carbocycles. The molecule has 2 unspecified atom stereocenters. The lowest BCUT2D eigenvalue weighted by Gasteiger charge is -2.41. The molecule has 11 heteroatoms. The Morgan fingerprint density at radius 2 is 1.81 bits per heavy atom. The highest BCUT2D eigenvalue weighted by molar-refractivity contribution is 6.34. The van der Waals surface area contributed by atoms with Crippen molar-refractivity contribution in [2.75, 3.05) is 13.1 Å². The summed E-state index contributed by atoms with van der Waals surface area (Å²) in [6.45, 7) is 8.15. The number of piperazine rings is 1. The second-order valence-corrected chi connectivity index (χ2v) is 11.1. The molecule has 7 nitrogen and oxygen atoms in total. The van der Waals surface area contributed by atoms with Crippen molar-refractivity contribution in [2.45, 2.75) is 77.5 Å². The molecule has 1 aromatic carbocycles. The molecule has 4 heterocycles. The molecular formula is C25H29ClF3N5O2. The predicted molar refractivity (Wildman–Crippen MR) is 131 cm³/mol. The Morgan fingerprint density at radius 3 is 2.42 bits per heavy atom. The Kier molecular flexibility index (Phi) is 6.10. The van der Waals surface area contributed by atoms with Crippen molar-refractivity contribution in [1.29, 1.82) is 0 Å². The van der Waals surface area contributed by atoms with E-state index >= 15 is 0 Å². The molecule has 5 rings (SSSR count). The van der Waals surface area contributed by atoms with Crippen molar-refractivity contribution in [3.05, 3.63) is 34.7 Å². The minimum atomic E-state index is -4.42. The van der Waals surface area contributed by atoms with Gasteiger partial charge in [-0.25, -0.2) is 14.8 Å². The summed E-state index contributed by atoms with van der Waals surface area (Å²) in [4.78, 5) is 25.5. The van der Waals surface area contributed by atoms with E-state index < -0.39 is 18.3 Å². The van der Waals surface area contributed by atoms with Crippen LogP contribution in [-0.4, -0.2) is 67.4 Å². The van der Waals surface area contributed by atoms with Crippen molar-refractivity contribution >= 4 is 39.6 Å². The number of hydrogen-bond acceptors (Lipinski definition) is 5. The third kappa shape index (κ3) is 4.85. The maximum absolute atomic E-state index is 13.4. The topological polar surface area (TPSA) is 63.5 Å². The first-order valence-corrected chi connectivity index (χ1v) is 12.4. The van der Waals surface area contributed by atoms with Crippen LogP contribution >= 0.6 is 11.6 Å². The summed E-state index contributed by atoms with van der Waals surface area (Å²) in [5.41, 5.74) is 1.45. The SMILES string of the molecule is Cc1nc(Cl)c2c(n1)c1cc(CN3CC4CCC(C3)N4C(=O)OC(C)(C)C)ccc1n2CC(F)(F)F. The van der Waals surface area contributed by atoms with E-state index in [1.807, 2.05) is 37.8 Å². The van der Waals surface area contributed by atoms with E-state index in [1.54, 1.807) is 13.0 Å². The molecule has 2 aliphatic rings. The van der Waals surface area contributed by atoms with Gasteiger partial charge in [0.2, 0.25) is 0 Å². The zero-order valence-corrected chi connectivity index (χ0v) is 21.4. The standard InChI is InChI=1S/C25H29ClF3N5O2/c1-14-30-20-18-9-15(5-8-19(18)33(13-25(27,28)29)21(20)22(26)31-14)10-32-11-16-6-7-17(12-32)34(16)23(35)36-24(2,3)4/h5,8-9,16-17H,6-7,10-13H2,1-4H3. The van der Waals surface area contributed by atoms with Crippen molar-refractivity contribution in [3.8, 4) is 0 Å². The highest BCUT2D eigenvalue weighted by atomic mass is 35.5. The van der Waals surface area contributed by atoms with Crippen LogP contribution in [0.1, 0.15) is 45.0 Å². The van der Waals surface area contributed by atoms with Crippen LogP contribution in [0.4, 0.5) is 18.0 Å². The number of aromatic nitrogens is 3. The number of nitrogens with zero attached hydrogens (tertiary/aromatic N) is 5. The monoisotopic (exact) mass is 523 g/mol. The molecule has 0 saturated carbocycles. The van der Waals surface area contributed by atoms with Crippen LogP contribution in [0.2, 0.25) is 5.15 Å². The van der Waals surface area contributed by atoms with E-state index in [2.05, 4.69) is 14.9 Å². The number of aryl methyl sites for hydroxylation is 1. The molecule has 2 aliphatic heterocycles. The van der Waals surface area contributed by atoms with E-state index in [0.29, 0.717) is 28.8 Å². The van der Waals surface area contributed by atoms with E-state index in [1.165, 1.54) is 0 Å². The molecule has 2 saturated heterocycles. The zero-order valence-electron chi connectivity index (χ0n) is 20.7. The van der Waals surface area contributed by atoms with Crippen LogP contribution in [0.5, 0.6) is 0 Å². The highest BCUT2D eigenvalue weighted by Crippen LogP contribution is 2.36. The summed E-state index contributed by atoms with van der Waals surface area (Å²) in [5.74, 6) is 0.402. The quantitative estimate of drug-likeness (QED) is 0.413. The fourth-order valence-corrected chi connectivity index (χ4v) is 5.83. The van der Waals surface area contributed by atoms with E-state index in [9.17, 15) is 18.0 Å². The van der Waals surface area contributed by atoms with Crippen molar-refractivity contribution in [2.24, 2.45) is 0 Å². The first-order chi connectivity index (χ1) is 16.8. The molecular weight excluding hydrogens is 495 g/mol. The summed E-state index contributed by atoms with van der Waals surface area (Å²) >= 11 is 6.29. The summed E-state index contributed by atoms with van der Waals surface area (Å²) < 4.78 is 46.9. The summed E-state index contributed by atoms with van der Waals surface area (Å²) in [5, 5.41) is 0.629. The third-order valence-electron chi connectivity index (χ3n) is 6.74. The average Bonchev–Trinajstić information content (AvgIpc) is 3.17. The van der Waals surface area contributed by atoms with Gasteiger partial charge in [0, 0.05) is 37.1 Å². The maximum Gasteiger partial charge on any atom is 0.410 e. The number of fused-ring (bicyclic) bond motifs is 5. The minimum Gasteiger partial charge on any atom is -0.444 e. The van der Waals surface area contributed by atoms with Gasteiger partial charge in [0.15, 0.2) is 5.15 Å². The normalized spacial score (nSPS) is 21.1. The molecule has 2 fully saturated rings. The summed E-state index contributed by atoms with van der Waals surface area (Å²) in [6.07, 6.45) is -2.82. The van der Waals surface area contributed by atoms with Gasteiger partial charge in [-0.3, -0.25) is 9.80 Å². The smallest absolute Gasteiger partial charge is 0.410 e. The molecule has 36 heavy (non-hydrogen) atoms. The summed E-state index contributed by atoms with van der Waals surface area (Å²) in [7, 11) is 0. The lowest BCUT2D eigenvalue weighted by Crippen LogP contribution is -2.56. The second-order valence-electron chi connectivity index (χ2n) is 10.8. The van der Waals surface area contributed by atoms with E-state index in [0.717, 1.165) is 36.1 Å². The Bertz CT molecular complexity index is 1320. The Balaban J connectivity index is 1.42. The molecule has 2 bridgehead atoms. The molecule has 3 aromatic rings. The van der Waals surface area contributed by atoms with Gasteiger partial charge >= 0.3 is 12.3 Å². The number of likely N-dealkylation sites (tertiary alicyclic amines) is 1. The first kappa shape index (κ1) is 25.1. The molecule has 194 valence electrons. The largest absolute Gasteiger partial charge is 0.444 e. The number of amides is 1. The summed E-state index contributed by atoms with van der Waals surface area (Å²) in [6, 6.07) is 5.63. The minimum absolute atomic E-state index is 0.00865. The van der Waals surface area contributed by atoms with Gasteiger partial charge in [0.1, 0.15) is 29.0 Å². The molecule has 2 aromatic heterocycles. The molecule has 2 atom stereocenters. The maximum atomic E-state index is 13.4. The lowest BCUT2D eigenvalue weighted by molar-refractivity contribution is -0.139. The number of ether oxygens (including phenoxy) is 1. The number of carbonyl (C=O) groups excluding carboxylic acids is 1. The van der Waals surface area contributed by atoms with Crippen molar-refractivity contribution in [3.63, 3.8) is 0 Å². The fraction of sp³-hybridized carbons (Fsp3) is 0.560. The number of halogens is 4. The number of carbonyl (C=O) groups is 1. The van der Waals surface area contributed by atoms with Gasteiger partial charge in [-0.05, 0) is 58.2 Å². The van der Waals surface area contributed by atoms with Crippen LogP contribution in [0.3, 0.4) is 0 Å². The second kappa shape index (κ2) is 8.76. The fourth-order valence-electron chi connectivity index (χ4n) is 5.52. The van der Waals surface area contributed by atoms with Crippen LogP contribution < -0.4 is 0 Å². The van der Waals surface area contributed by atoms with Crippen LogP contribution in [0, 0.1) is 6.92 Å². The average molecular weight is 524 g/mol. The lowest BCUT2D eigenvalue weighted by atomic mass is 10.1. The molecule has 1 amide bonds. The Morgan fingerprint density at radius 1 is 1.14 bits per heavy atom. The van der Waals surface area contributed by atoms with Gasteiger partial charge in [-0.2, -0.15) is 13.2 Å². The van der Waals surface area contributed by atoms with Crippen LogP contribution in [-0.2, 0) is 17.8 Å². The number of hydrogen-bond donors (Lipinski definition) is 0. The molecule has 0 spiro atoms. The van der Waals surface area contributed by atoms with Crippen LogP contribution in [0.15, 0.2) is 18.2 Å². The number of rotatable bonds is 3. The third-order valence-corrected chi connectivity index (χ3v) is 7.00. The molecule has 0 radical (unpaired) electrons. The molecule has 0 N–H and O–H groups in total. The highest BCUT2D eigenvalue weighted by Gasteiger charge is 2.44. The Labute approximate surface area is 212 Å². The van der Waals surface area contributed by atoms with E-state index in [4.69, 9.17) is 16.3 Å². The van der Waals surface area contributed by atoms with Gasteiger partial charge in [-0.1, -0.05) is 17.7 Å². The van der Waals surface area contributed by atoms with Crippen molar-refractivity contribution in [1.82, 2.24) is 24.3 Å². The zero-order chi connectivity index (χ0) is 26.0. The van der Waals surface area contributed by atoms with Gasteiger partial charge in [0.05, 0.1) is 5.52 Å². The predicted octanol–water partition coefficient (Wildman–Crippen LogP) is 5.69. The van der Waals surface area contributed by atoms with Gasteiger partial charge in [0.25, 0.3) is 0 Å². The first-order valence-electron chi connectivity index (χ1n) is 12.0. The van der Waals surface area contributed by atoms with Gasteiger partial charge < -0.3 is 9.30 Å². The van der Waals surface area contributed by atoms with Gasteiger partial charge in [-0.15, -0.1) is 0 Å². The Hall–Kier alpha value is -2.59. The van der Waals surface area contributed by atoms with E-state index in [-0.39, 0.29) is 28.8 Å².